The van der Waals surface area contributed by atoms with Gasteiger partial charge in [0.05, 0.1) is 10.6 Å². The van der Waals surface area contributed by atoms with Crippen molar-refractivity contribution in [2.24, 2.45) is 0 Å². The van der Waals surface area contributed by atoms with Gasteiger partial charge in [-0.05, 0) is 43.3 Å². The largest absolute Gasteiger partial charge is 0.336 e. The molecule has 1 aliphatic rings. The van der Waals surface area contributed by atoms with E-state index in [1.54, 1.807) is 41.3 Å². The third-order valence-corrected chi connectivity index (χ3v) is 6.34. The first-order valence-electron chi connectivity index (χ1n) is 8.56. The molecule has 0 spiro atoms. The van der Waals surface area contributed by atoms with Crippen molar-refractivity contribution in [3.63, 3.8) is 0 Å². The smallest absolute Gasteiger partial charge is 0.264 e. The molecule has 0 aromatic heterocycles. The molecule has 3 rings (SSSR count). The van der Waals surface area contributed by atoms with Crippen molar-refractivity contribution < 1.29 is 13.2 Å². The predicted molar refractivity (Wildman–Crippen MR) is 109 cm³/mol. The number of piperazine rings is 1. The summed E-state index contributed by atoms with van der Waals surface area (Å²) in [4.78, 5) is 14.6. The van der Waals surface area contributed by atoms with E-state index in [2.05, 4.69) is 5.32 Å². The van der Waals surface area contributed by atoms with Crippen LogP contribution >= 0.6 is 12.4 Å². The summed E-state index contributed by atoms with van der Waals surface area (Å²) in [5.74, 6) is -0.0706. The molecule has 6 nitrogen and oxygen atoms in total. The number of halogens is 1. The van der Waals surface area contributed by atoms with Gasteiger partial charge in [0.1, 0.15) is 0 Å². The molecule has 8 heteroatoms. The summed E-state index contributed by atoms with van der Waals surface area (Å²) in [7, 11) is -2.15. The Kier molecular flexibility index (Phi) is 6.86. The van der Waals surface area contributed by atoms with Crippen molar-refractivity contribution in [2.75, 3.05) is 31.0 Å². The Morgan fingerprint density at radius 2 is 1.74 bits per heavy atom. The van der Waals surface area contributed by atoms with Crippen LogP contribution in [0.15, 0.2) is 59.5 Å². The fourth-order valence-electron chi connectivity index (χ4n) is 3.00. The topological polar surface area (TPSA) is 69.7 Å². The van der Waals surface area contributed by atoms with Crippen LogP contribution in [0.3, 0.4) is 0 Å². The number of hydrogen-bond acceptors (Lipinski definition) is 4. The highest BCUT2D eigenvalue weighted by molar-refractivity contribution is 7.92. The normalized spacial score (nSPS) is 17.1. The van der Waals surface area contributed by atoms with Crippen molar-refractivity contribution in [1.29, 1.82) is 0 Å². The highest BCUT2D eigenvalue weighted by Gasteiger charge is 2.24. The number of anilines is 1. The molecule has 1 saturated heterocycles. The first-order valence-corrected chi connectivity index (χ1v) is 10.0. The number of benzene rings is 2. The van der Waals surface area contributed by atoms with Crippen LogP contribution in [0.25, 0.3) is 0 Å². The van der Waals surface area contributed by atoms with Gasteiger partial charge in [-0.15, -0.1) is 12.4 Å². The number of carbonyl (C=O) groups is 1. The lowest BCUT2D eigenvalue weighted by atomic mass is 10.1. The van der Waals surface area contributed by atoms with Gasteiger partial charge in [0.2, 0.25) is 0 Å². The molecule has 0 bridgehead atoms. The predicted octanol–water partition coefficient (Wildman–Crippen LogP) is 2.37. The van der Waals surface area contributed by atoms with Gasteiger partial charge < -0.3 is 10.2 Å². The Morgan fingerprint density at radius 1 is 1.11 bits per heavy atom. The summed E-state index contributed by atoms with van der Waals surface area (Å²) in [6, 6.07) is 15.3. The first-order chi connectivity index (χ1) is 12.4. The van der Waals surface area contributed by atoms with Crippen LogP contribution < -0.4 is 9.62 Å². The minimum Gasteiger partial charge on any atom is -0.336 e. The number of hydrogen-bond donors (Lipinski definition) is 1. The number of nitrogens with one attached hydrogen (secondary N) is 1. The lowest BCUT2D eigenvalue weighted by Crippen LogP contribution is -2.51. The summed E-state index contributed by atoms with van der Waals surface area (Å²) in [6.45, 7) is 4.10. The molecule has 1 fully saturated rings. The van der Waals surface area contributed by atoms with Gasteiger partial charge in [-0.25, -0.2) is 8.42 Å². The second-order valence-electron chi connectivity index (χ2n) is 6.44. The van der Waals surface area contributed by atoms with E-state index >= 15 is 0 Å². The average molecular weight is 410 g/mol. The van der Waals surface area contributed by atoms with E-state index in [-0.39, 0.29) is 29.3 Å². The lowest BCUT2D eigenvalue weighted by molar-refractivity contribution is 0.0709. The average Bonchev–Trinajstić information content (AvgIpc) is 2.67. The minimum absolute atomic E-state index is 0. The molecule has 2 aromatic carbocycles. The van der Waals surface area contributed by atoms with E-state index in [1.165, 1.54) is 23.5 Å². The number of rotatable bonds is 4. The first kappa shape index (κ1) is 21.2. The maximum Gasteiger partial charge on any atom is 0.264 e. The van der Waals surface area contributed by atoms with E-state index < -0.39 is 10.0 Å². The van der Waals surface area contributed by atoms with Crippen LogP contribution in [0.4, 0.5) is 5.69 Å². The lowest BCUT2D eigenvalue weighted by Gasteiger charge is -2.32. The molecular weight excluding hydrogens is 386 g/mol. The van der Waals surface area contributed by atoms with Crippen LogP contribution in [0.2, 0.25) is 0 Å². The standard InChI is InChI=1S/C19H23N3O3S.ClH/c1-15-14-22(13-12-20-15)19(23)16-8-10-18(11-9-16)26(24,25)21(2)17-6-4-3-5-7-17;/h3-11,15,20H,12-14H2,1-2H3;1H. The maximum atomic E-state index is 12.8. The second kappa shape index (κ2) is 8.73. The quantitative estimate of drug-likeness (QED) is 0.841. The maximum absolute atomic E-state index is 12.8. The van der Waals surface area contributed by atoms with Crippen LogP contribution in [-0.4, -0.2) is 51.9 Å². The van der Waals surface area contributed by atoms with Crippen LogP contribution in [-0.2, 0) is 10.0 Å². The van der Waals surface area contributed by atoms with Gasteiger partial charge in [-0.2, -0.15) is 0 Å². The van der Waals surface area contributed by atoms with E-state index in [0.29, 0.717) is 24.3 Å². The summed E-state index contributed by atoms with van der Waals surface area (Å²) in [5.41, 5.74) is 1.09. The zero-order valence-electron chi connectivity index (χ0n) is 15.3. The summed E-state index contributed by atoms with van der Waals surface area (Å²) in [6.07, 6.45) is 0. The summed E-state index contributed by atoms with van der Waals surface area (Å²) >= 11 is 0. The SMILES string of the molecule is CC1CN(C(=O)c2ccc(S(=O)(=O)N(C)c3ccccc3)cc2)CCN1.Cl. The number of nitrogens with zero attached hydrogens (tertiary/aromatic N) is 2. The van der Waals surface area contributed by atoms with Crippen molar-refractivity contribution in [2.45, 2.75) is 17.9 Å². The monoisotopic (exact) mass is 409 g/mol. The van der Waals surface area contributed by atoms with E-state index in [0.717, 1.165) is 6.54 Å². The van der Waals surface area contributed by atoms with E-state index in [4.69, 9.17) is 0 Å². The third-order valence-electron chi connectivity index (χ3n) is 4.54. The van der Waals surface area contributed by atoms with Gasteiger partial charge in [0.15, 0.2) is 0 Å². The summed E-state index contributed by atoms with van der Waals surface area (Å²) < 4.78 is 26.8. The molecule has 27 heavy (non-hydrogen) atoms. The van der Waals surface area contributed by atoms with Crippen LogP contribution in [0.5, 0.6) is 0 Å². The Morgan fingerprint density at radius 3 is 2.33 bits per heavy atom. The molecule has 1 aliphatic heterocycles. The van der Waals surface area contributed by atoms with Crippen molar-refractivity contribution in [3.05, 3.63) is 60.2 Å². The van der Waals surface area contributed by atoms with E-state index in [9.17, 15) is 13.2 Å². The molecule has 1 heterocycles. The molecule has 1 atom stereocenters. The summed E-state index contributed by atoms with van der Waals surface area (Å²) in [5, 5.41) is 3.30. The number of para-hydroxylation sites is 1. The molecule has 146 valence electrons. The number of sulfonamides is 1. The minimum atomic E-state index is -3.67. The fraction of sp³-hybridized carbons (Fsp3) is 0.316. The van der Waals surface area contributed by atoms with Crippen molar-refractivity contribution in [3.8, 4) is 0 Å². The molecule has 2 aromatic rings. The number of amides is 1. The Balaban J connectivity index is 0.00000261. The van der Waals surface area contributed by atoms with Gasteiger partial charge in [0, 0.05) is 38.3 Å². The second-order valence-corrected chi connectivity index (χ2v) is 8.41. The van der Waals surface area contributed by atoms with Crippen molar-refractivity contribution >= 4 is 34.0 Å². The van der Waals surface area contributed by atoms with Crippen LogP contribution in [0, 0.1) is 0 Å². The fourth-order valence-corrected chi connectivity index (χ4v) is 4.20. The van der Waals surface area contributed by atoms with Gasteiger partial charge in [-0.3, -0.25) is 9.10 Å². The molecular formula is C19H24ClN3O3S. The van der Waals surface area contributed by atoms with Crippen LogP contribution in [0.1, 0.15) is 17.3 Å². The number of carbonyl (C=O) groups excluding carboxylic acids is 1. The molecule has 1 N–H and O–H groups in total. The van der Waals surface area contributed by atoms with E-state index in [1.807, 2.05) is 13.0 Å². The van der Waals surface area contributed by atoms with Crippen molar-refractivity contribution in [1.82, 2.24) is 10.2 Å². The van der Waals surface area contributed by atoms with Gasteiger partial charge >= 0.3 is 0 Å². The Labute approximate surface area is 166 Å². The molecule has 0 saturated carbocycles. The molecule has 0 aliphatic carbocycles. The highest BCUT2D eigenvalue weighted by Crippen LogP contribution is 2.22. The molecule has 1 unspecified atom stereocenters. The zero-order chi connectivity index (χ0) is 18.7. The van der Waals surface area contributed by atoms with Gasteiger partial charge in [0.25, 0.3) is 15.9 Å². The Hall–Kier alpha value is -2.09. The molecule has 0 radical (unpaired) electrons. The highest BCUT2D eigenvalue weighted by atomic mass is 35.5. The van der Waals surface area contributed by atoms with Gasteiger partial charge in [-0.1, -0.05) is 18.2 Å². The molecule has 1 amide bonds. The Bertz CT molecular complexity index is 873. The zero-order valence-corrected chi connectivity index (χ0v) is 17.0. The third kappa shape index (κ3) is 4.61.